The zero-order valence-corrected chi connectivity index (χ0v) is 10.7. The van der Waals surface area contributed by atoms with E-state index in [0.717, 1.165) is 17.6 Å². The quantitative estimate of drug-likeness (QED) is 0.722. The molecule has 1 nitrogen and oxygen atoms in total. The van der Waals surface area contributed by atoms with Crippen molar-refractivity contribution >= 4 is 12.6 Å². The molecule has 2 heteroatoms. The first kappa shape index (κ1) is 11.8. The minimum Gasteiger partial charge on any atom is -0.303 e. The SMILES string of the molecule is SCCCN1CCC(C2CCCC2)CC1. The number of nitrogens with zero attached hydrogens (tertiary/aromatic N) is 1. The highest BCUT2D eigenvalue weighted by Crippen LogP contribution is 2.36. The van der Waals surface area contributed by atoms with Crippen molar-refractivity contribution in [1.29, 1.82) is 0 Å². The van der Waals surface area contributed by atoms with Crippen LogP contribution >= 0.6 is 12.6 Å². The lowest BCUT2D eigenvalue weighted by molar-refractivity contribution is 0.149. The van der Waals surface area contributed by atoms with E-state index in [-0.39, 0.29) is 0 Å². The fraction of sp³-hybridized carbons (Fsp3) is 1.00. The van der Waals surface area contributed by atoms with Crippen LogP contribution in [-0.4, -0.2) is 30.3 Å². The topological polar surface area (TPSA) is 3.24 Å². The summed E-state index contributed by atoms with van der Waals surface area (Å²) >= 11 is 4.28. The molecule has 1 aliphatic heterocycles. The molecule has 2 aliphatic rings. The summed E-state index contributed by atoms with van der Waals surface area (Å²) in [5.41, 5.74) is 0. The third kappa shape index (κ3) is 3.39. The molecule has 1 heterocycles. The van der Waals surface area contributed by atoms with Crippen molar-refractivity contribution in [3.8, 4) is 0 Å². The lowest BCUT2D eigenvalue weighted by atomic mass is 9.83. The second-order valence-corrected chi connectivity index (χ2v) is 5.75. The maximum Gasteiger partial charge on any atom is -0.00110 e. The number of thiol groups is 1. The largest absolute Gasteiger partial charge is 0.303 e. The molecule has 1 saturated heterocycles. The van der Waals surface area contributed by atoms with Gasteiger partial charge in [-0.2, -0.15) is 12.6 Å². The molecule has 0 aromatic carbocycles. The average Bonchev–Trinajstić information content (AvgIpc) is 2.80. The van der Waals surface area contributed by atoms with E-state index in [4.69, 9.17) is 0 Å². The summed E-state index contributed by atoms with van der Waals surface area (Å²) in [4.78, 5) is 2.64. The molecule has 88 valence electrons. The monoisotopic (exact) mass is 227 g/mol. The van der Waals surface area contributed by atoms with E-state index in [2.05, 4.69) is 17.5 Å². The van der Waals surface area contributed by atoms with Crippen LogP contribution in [0.5, 0.6) is 0 Å². The molecule has 0 spiro atoms. The van der Waals surface area contributed by atoms with Gasteiger partial charge >= 0.3 is 0 Å². The van der Waals surface area contributed by atoms with Gasteiger partial charge in [0.25, 0.3) is 0 Å². The molecule has 1 saturated carbocycles. The Labute approximate surface area is 100 Å². The summed E-state index contributed by atoms with van der Waals surface area (Å²) in [7, 11) is 0. The van der Waals surface area contributed by atoms with Gasteiger partial charge in [0.2, 0.25) is 0 Å². The fourth-order valence-corrected chi connectivity index (χ4v) is 3.51. The van der Waals surface area contributed by atoms with Gasteiger partial charge < -0.3 is 4.90 Å². The molecule has 2 fully saturated rings. The molecule has 0 aromatic rings. The predicted molar refractivity (Wildman–Crippen MR) is 69.6 cm³/mol. The number of hydrogen-bond donors (Lipinski definition) is 1. The summed E-state index contributed by atoms with van der Waals surface area (Å²) < 4.78 is 0. The Kier molecular flexibility index (Phi) is 4.83. The highest BCUT2D eigenvalue weighted by atomic mass is 32.1. The molecule has 0 unspecified atom stereocenters. The van der Waals surface area contributed by atoms with Gasteiger partial charge in [-0.25, -0.2) is 0 Å². The molecular formula is C13H25NS. The van der Waals surface area contributed by atoms with E-state index < -0.39 is 0 Å². The minimum absolute atomic E-state index is 1.04. The lowest BCUT2D eigenvalue weighted by Crippen LogP contribution is -2.36. The molecule has 0 amide bonds. The molecule has 0 radical (unpaired) electrons. The van der Waals surface area contributed by atoms with Crippen molar-refractivity contribution in [3.05, 3.63) is 0 Å². The van der Waals surface area contributed by atoms with Gasteiger partial charge in [0, 0.05) is 0 Å². The number of piperidine rings is 1. The smallest absolute Gasteiger partial charge is 0.00110 e. The second-order valence-electron chi connectivity index (χ2n) is 5.30. The normalized spacial score (nSPS) is 26.2. The van der Waals surface area contributed by atoms with Crippen LogP contribution in [0.3, 0.4) is 0 Å². The van der Waals surface area contributed by atoms with Crippen LogP contribution in [0.2, 0.25) is 0 Å². The lowest BCUT2D eigenvalue weighted by Gasteiger charge is -2.34. The Morgan fingerprint density at radius 2 is 1.53 bits per heavy atom. The molecule has 0 bridgehead atoms. The van der Waals surface area contributed by atoms with Crippen molar-refractivity contribution < 1.29 is 0 Å². The van der Waals surface area contributed by atoms with E-state index in [1.54, 1.807) is 0 Å². The first-order chi connectivity index (χ1) is 7.40. The average molecular weight is 227 g/mol. The number of hydrogen-bond acceptors (Lipinski definition) is 2. The number of likely N-dealkylation sites (tertiary alicyclic amines) is 1. The molecule has 0 aromatic heterocycles. The summed E-state index contributed by atoms with van der Waals surface area (Å²) in [6.45, 7) is 3.99. The zero-order chi connectivity index (χ0) is 10.5. The Morgan fingerprint density at radius 1 is 0.933 bits per heavy atom. The van der Waals surface area contributed by atoms with E-state index >= 15 is 0 Å². The first-order valence-electron chi connectivity index (χ1n) is 6.73. The van der Waals surface area contributed by atoms with Crippen LogP contribution in [0.25, 0.3) is 0 Å². The highest BCUT2D eigenvalue weighted by Gasteiger charge is 2.28. The van der Waals surface area contributed by atoms with Gasteiger partial charge in [0.1, 0.15) is 0 Å². The number of rotatable bonds is 4. The van der Waals surface area contributed by atoms with Crippen molar-refractivity contribution in [2.75, 3.05) is 25.4 Å². The van der Waals surface area contributed by atoms with Crippen molar-refractivity contribution in [2.45, 2.75) is 44.9 Å². The Balaban J connectivity index is 1.67. The van der Waals surface area contributed by atoms with Crippen molar-refractivity contribution in [2.24, 2.45) is 11.8 Å². The fourth-order valence-electron chi connectivity index (χ4n) is 3.37. The maximum atomic E-state index is 4.28. The van der Waals surface area contributed by atoms with Gasteiger partial charge in [-0.15, -0.1) is 0 Å². The molecule has 1 aliphatic carbocycles. The summed E-state index contributed by atoms with van der Waals surface area (Å²) in [5, 5.41) is 0. The second kappa shape index (κ2) is 6.15. The molecule has 0 N–H and O–H groups in total. The van der Waals surface area contributed by atoms with Crippen molar-refractivity contribution in [1.82, 2.24) is 4.90 Å². The van der Waals surface area contributed by atoms with E-state index in [9.17, 15) is 0 Å². The zero-order valence-electron chi connectivity index (χ0n) is 9.83. The van der Waals surface area contributed by atoms with E-state index in [1.807, 2.05) is 0 Å². The molecule has 15 heavy (non-hydrogen) atoms. The third-order valence-electron chi connectivity index (χ3n) is 4.33. The highest BCUT2D eigenvalue weighted by molar-refractivity contribution is 7.80. The van der Waals surface area contributed by atoms with Crippen LogP contribution in [0.1, 0.15) is 44.9 Å². The summed E-state index contributed by atoms with van der Waals surface area (Å²) in [5.74, 6) is 3.21. The van der Waals surface area contributed by atoms with Crippen LogP contribution in [-0.2, 0) is 0 Å². The van der Waals surface area contributed by atoms with Crippen LogP contribution in [0.15, 0.2) is 0 Å². The van der Waals surface area contributed by atoms with Gasteiger partial charge in [-0.1, -0.05) is 25.7 Å². The van der Waals surface area contributed by atoms with Crippen LogP contribution in [0, 0.1) is 11.8 Å². The van der Waals surface area contributed by atoms with Crippen LogP contribution < -0.4 is 0 Å². The van der Waals surface area contributed by atoms with Gasteiger partial charge in [-0.3, -0.25) is 0 Å². The van der Waals surface area contributed by atoms with Gasteiger partial charge in [0.05, 0.1) is 0 Å². The Hall–Kier alpha value is 0.310. The van der Waals surface area contributed by atoms with Crippen molar-refractivity contribution in [3.63, 3.8) is 0 Å². The molecular weight excluding hydrogens is 202 g/mol. The predicted octanol–water partition coefficient (Wildman–Crippen LogP) is 3.21. The molecule has 0 atom stereocenters. The van der Waals surface area contributed by atoms with Gasteiger partial charge in [0.15, 0.2) is 0 Å². The van der Waals surface area contributed by atoms with E-state index in [0.29, 0.717) is 0 Å². The third-order valence-corrected chi connectivity index (χ3v) is 4.65. The summed E-state index contributed by atoms with van der Waals surface area (Å²) in [6.07, 6.45) is 10.3. The van der Waals surface area contributed by atoms with Gasteiger partial charge in [-0.05, 0) is 56.5 Å². The Morgan fingerprint density at radius 3 is 2.13 bits per heavy atom. The standard InChI is InChI=1S/C13H25NS/c15-11-3-8-14-9-6-13(7-10-14)12-4-1-2-5-12/h12-13,15H,1-11H2. The first-order valence-corrected chi connectivity index (χ1v) is 7.36. The Bertz CT molecular complexity index is 169. The molecule has 2 rings (SSSR count). The maximum absolute atomic E-state index is 4.28. The van der Waals surface area contributed by atoms with Crippen LogP contribution in [0.4, 0.5) is 0 Å². The minimum atomic E-state index is 1.04. The van der Waals surface area contributed by atoms with E-state index in [1.165, 1.54) is 64.6 Å². The summed E-state index contributed by atoms with van der Waals surface area (Å²) in [6, 6.07) is 0.